The van der Waals surface area contributed by atoms with Gasteiger partial charge in [0.2, 0.25) is 0 Å². The largest absolute Gasteiger partial charge is 0.465 e. The van der Waals surface area contributed by atoms with Gasteiger partial charge >= 0.3 is 6.09 Å². The van der Waals surface area contributed by atoms with Crippen LogP contribution in [0, 0.1) is 5.82 Å². The zero-order valence-electron chi connectivity index (χ0n) is 14.2. The fourth-order valence-electron chi connectivity index (χ4n) is 3.53. The van der Waals surface area contributed by atoms with Gasteiger partial charge in [0, 0.05) is 31.1 Å². The first-order valence-electron chi connectivity index (χ1n) is 8.59. The van der Waals surface area contributed by atoms with E-state index in [1.54, 1.807) is 12.1 Å². The van der Waals surface area contributed by atoms with E-state index >= 15 is 0 Å². The van der Waals surface area contributed by atoms with Crippen LogP contribution in [-0.2, 0) is 0 Å². The van der Waals surface area contributed by atoms with Crippen LogP contribution in [0.15, 0.2) is 54.6 Å². The van der Waals surface area contributed by atoms with Gasteiger partial charge in [0.1, 0.15) is 5.82 Å². The molecule has 1 saturated heterocycles. The smallest absolute Gasteiger partial charge is 0.407 e. The molecule has 0 radical (unpaired) electrons. The molecule has 0 saturated carbocycles. The number of amides is 1. The lowest BCUT2D eigenvalue weighted by Gasteiger charge is -2.39. The summed E-state index contributed by atoms with van der Waals surface area (Å²) in [5, 5.41) is 13.0. The molecule has 1 amide bonds. The van der Waals surface area contributed by atoms with Crippen molar-refractivity contribution >= 4 is 6.09 Å². The van der Waals surface area contributed by atoms with Crippen molar-refractivity contribution in [1.82, 2.24) is 10.2 Å². The van der Waals surface area contributed by atoms with Crippen LogP contribution in [-0.4, -0.2) is 35.2 Å². The number of rotatable bonds is 4. The molecule has 2 aromatic carbocycles. The topological polar surface area (TPSA) is 52.6 Å². The molecule has 2 unspecified atom stereocenters. The molecular formula is C20H23FN2O2. The zero-order valence-corrected chi connectivity index (χ0v) is 14.2. The number of halogens is 1. The Bertz CT molecular complexity index is 705. The van der Waals surface area contributed by atoms with Crippen molar-refractivity contribution in [2.24, 2.45) is 0 Å². The van der Waals surface area contributed by atoms with E-state index in [1.165, 1.54) is 22.6 Å². The summed E-state index contributed by atoms with van der Waals surface area (Å²) >= 11 is 0. The molecular weight excluding hydrogens is 319 g/mol. The highest BCUT2D eigenvalue weighted by atomic mass is 19.1. The van der Waals surface area contributed by atoms with E-state index in [0.29, 0.717) is 13.1 Å². The standard InChI is InChI=1S/C20H23FN2O2/c1-14(15-5-3-2-4-6-15)22-19-11-12-23(20(24)25)13-18(19)16-7-9-17(21)10-8-16/h2-10,14,18-19,22H,11-13H2,1H3,(H,24,25)/t14-,18?,19?/m1/s1. The number of carboxylic acid groups (broad SMARTS) is 1. The van der Waals surface area contributed by atoms with Gasteiger partial charge in [-0.15, -0.1) is 0 Å². The molecule has 132 valence electrons. The Morgan fingerprint density at radius 1 is 1.20 bits per heavy atom. The summed E-state index contributed by atoms with van der Waals surface area (Å²) in [6.07, 6.45) is -0.174. The SMILES string of the molecule is C[C@@H](NC1CCN(C(=O)O)CC1c1ccc(F)cc1)c1ccccc1. The maximum atomic E-state index is 13.3. The summed E-state index contributed by atoms with van der Waals surface area (Å²) in [6.45, 7) is 3.03. The molecule has 3 rings (SSSR count). The van der Waals surface area contributed by atoms with Crippen molar-refractivity contribution < 1.29 is 14.3 Å². The highest BCUT2D eigenvalue weighted by Crippen LogP contribution is 2.29. The Balaban J connectivity index is 1.80. The molecule has 1 aliphatic heterocycles. The minimum atomic E-state index is -0.901. The molecule has 0 bridgehead atoms. The summed E-state index contributed by atoms with van der Waals surface area (Å²) in [7, 11) is 0. The molecule has 5 heteroatoms. The lowest BCUT2D eigenvalue weighted by molar-refractivity contribution is 0.119. The molecule has 0 aliphatic carbocycles. The van der Waals surface area contributed by atoms with Crippen LogP contribution in [0.4, 0.5) is 9.18 Å². The number of likely N-dealkylation sites (tertiary alicyclic amines) is 1. The zero-order chi connectivity index (χ0) is 17.8. The minimum Gasteiger partial charge on any atom is -0.465 e. The summed E-state index contributed by atoms with van der Waals surface area (Å²) < 4.78 is 13.3. The van der Waals surface area contributed by atoms with E-state index < -0.39 is 6.09 Å². The van der Waals surface area contributed by atoms with Gasteiger partial charge in [-0.1, -0.05) is 42.5 Å². The van der Waals surface area contributed by atoms with Gasteiger partial charge in [-0.3, -0.25) is 0 Å². The number of piperidine rings is 1. The number of carbonyl (C=O) groups is 1. The van der Waals surface area contributed by atoms with Gasteiger partial charge in [-0.05, 0) is 36.6 Å². The van der Waals surface area contributed by atoms with Crippen LogP contribution in [0.1, 0.15) is 36.4 Å². The number of hydrogen-bond acceptors (Lipinski definition) is 2. The Morgan fingerprint density at radius 2 is 1.88 bits per heavy atom. The first-order valence-corrected chi connectivity index (χ1v) is 8.59. The lowest BCUT2D eigenvalue weighted by Crippen LogP contribution is -2.50. The van der Waals surface area contributed by atoms with Crippen molar-refractivity contribution in [2.75, 3.05) is 13.1 Å². The maximum absolute atomic E-state index is 13.3. The van der Waals surface area contributed by atoms with Crippen molar-refractivity contribution in [1.29, 1.82) is 0 Å². The highest BCUT2D eigenvalue weighted by Gasteiger charge is 2.33. The maximum Gasteiger partial charge on any atom is 0.407 e. The van der Waals surface area contributed by atoms with E-state index in [9.17, 15) is 14.3 Å². The third-order valence-electron chi connectivity index (χ3n) is 4.95. The van der Waals surface area contributed by atoms with E-state index in [0.717, 1.165) is 12.0 Å². The molecule has 25 heavy (non-hydrogen) atoms. The molecule has 1 aliphatic rings. The van der Waals surface area contributed by atoms with Crippen molar-refractivity contribution in [3.63, 3.8) is 0 Å². The molecule has 4 nitrogen and oxygen atoms in total. The molecule has 1 heterocycles. The van der Waals surface area contributed by atoms with Gasteiger partial charge < -0.3 is 15.3 Å². The number of hydrogen-bond donors (Lipinski definition) is 2. The molecule has 1 fully saturated rings. The van der Waals surface area contributed by atoms with Gasteiger partial charge in [0.25, 0.3) is 0 Å². The fraction of sp³-hybridized carbons (Fsp3) is 0.350. The first-order chi connectivity index (χ1) is 12.0. The minimum absolute atomic E-state index is 0.00314. The van der Waals surface area contributed by atoms with Gasteiger partial charge in [0.15, 0.2) is 0 Å². The quantitative estimate of drug-likeness (QED) is 0.883. The van der Waals surface area contributed by atoms with Gasteiger partial charge in [-0.2, -0.15) is 0 Å². The second-order valence-corrected chi connectivity index (χ2v) is 6.58. The predicted octanol–water partition coefficient (Wildman–Crippen LogP) is 4.01. The summed E-state index contributed by atoms with van der Waals surface area (Å²) in [5.41, 5.74) is 2.16. The van der Waals surface area contributed by atoms with Crippen LogP contribution in [0.5, 0.6) is 0 Å². The summed E-state index contributed by atoms with van der Waals surface area (Å²) in [6, 6.07) is 16.9. The van der Waals surface area contributed by atoms with Crippen molar-refractivity contribution in [3.8, 4) is 0 Å². The Morgan fingerprint density at radius 3 is 2.52 bits per heavy atom. The summed E-state index contributed by atoms with van der Waals surface area (Å²) in [5.74, 6) is -0.284. The van der Waals surface area contributed by atoms with E-state index in [1.807, 2.05) is 18.2 Å². The lowest BCUT2D eigenvalue weighted by atomic mass is 9.85. The Kier molecular flexibility index (Phi) is 5.34. The predicted molar refractivity (Wildman–Crippen MR) is 95.1 cm³/mol. The van der Waals surface area contributed by atoms with Crippen LogP contribution in [0.2, 0.25) is 0 Å². The van der Waals surface area contributed by atoms with E-state index in [4.69, 9.17) is 0 Å². The molecule has 3 atom stereocenters. The second-order valence-electron chi connectivity index (χ2n) is 6.58. The van der Waals surface area contributed by atoms with Crippen LogP contribution in [0.3, 0.4) is 0 Å². The van der Waals surface area contributed by atoms with Crippen molar-refractivity contribution in [2.45, 2.75) is 31.3 Å². The van der Waals surface area contributed by atoms with E-state index in [-0.39, 0.29) is 23.8 Å². The Hall–Kier alpha value is -2.40. The van der Waals surface area contributed by atoms with Gasteiger partial charge in [-0.25, -0.2) is 9.18 Å². The number of nitrogens with zero attached hydrogens (tertiary/aromatic N) is 1. The van der Waals surface area contributed by atoms with Crippen LogP contribution >= 0.6 is 0 Å². The normalized spacial score (nSPS) is 21.8. The Labute approximate surface area is 147 Å². The molecule has 2 aromatic rings. The van der Waals surface area contributed by atoms with Crippen LogP contribution in [0.25, 0.3) is 0 Å². The third kappa shape index (κ3) is 4.17. The first kappa shape index (κ1) is 17.4. The fourth-order valence-corrected chi connectivity index (χ4v) is 3.53. The van der Waals surface area contributed by atoms with Gasteiger partial charge in [0.05, 0.1) is 0 Å². The number of nitrogens with one attached hydrogen (secondary N) is 1. The van der Waals surface area contributed by atoms with E-state index in [2.05, 4.69) is 24.4 Å². The monoisotopic (exact) mass is 342 g/mol. The average Bonchev–Trinajstić information content (AvgIpc) is 2.63. The van der Waals surface area contributed by atoms with Crippen LogP contribution < -0.4 is 5.32 Å². The molecule has 0 spiro atoms. The third-order valence-corrected chi connectivity index (χ3v) is 4.95. The number of benzene rings is 2. The average molecular weight is 342 g/mol. The highest BCUT2D eigenvalue weighted by molar-refractivity contribution is 5.65. The van der Waals surface area contributed by atoms with Crippen molar-refractivity contribution in [3.05, 3.63) is 71.5 Å². The molecule has 0 aromatic heterocycles. The second kappa shape index (κ2) is 7.66. The summed E-state index contributed by atoms with van der Waals surface area (Å²) in [4.78, 5) is 12.8. The molecule has 2 N–H and O–H groups in total.